The summed E-state index contributed by atoms with van der Waals surface area (Å²) in [7, 11) is 0. The second kappa shape index (κ2) is 4.91. The highest BCUT2D eigenvalue weighted by atomic mass is 16.6. The van der Waals surface area contributed by atoms with Crippen LogP contribution in [0.3, 0.4) is 0 Å². The van der Waals surface area contributed by atoms with Crippen LogP contribution in [-0.2, 0) is 9.57 Å². The van der Waals surface area contributed by atoms with Gasteiger partial charge in [-0.15, -0.1) is 0 Å². The summed E-state index contributed by atoms with van der Waals surface area (Å²) in [5, 5.41) is 7.57. The molecule has 6 heteroatoms. The molecule has 0 spiro atoms. The number of anilines is 1. The van der Waals surface area contributed by atoms with Crippen molar-refractivity contribution in [3.05, 3.63) is 24.0 Å². The van der Waals surface area contributed by atoms with Gasteiger partial charge in [-0.25, -0.2) is 4.98 Å². The third-order valence-electron chi connectivity index (χ3n) is 2.47. The van der Waals surface area contributed by atoms with Crippen molar-refractivity contribution in [1.29, 1.82) is 5.41 Å². The Hall–Kier alpha value is -1.66. The van der Waals surface area contributed by atoms with Gasteiger partial charge < -0.3 is 14.5 Å². The smallest absolute Gasteiger partial charge is 0.258 e. The molecule has 1 fully saturated rings. The predicted molar refractivity (Wildman–Crippen MR) is 59.4 cm³/mol. The normalized spacial score (nSPS) is 15.9. The van der Waals surface area contributed by atoms with Gasteiger partial charge in [0.2, 0.25) is 0 Å². The molecule has 2 rings (SSSR count). The molecule has 1 saturated heterocycles. The Morgan fingerprint density at radius 3 is 2.94 bits per heavy atom. The van der Waals surface area contributed by atoms with Gasteiger partial charge in [-0.2, -0.15) is 5.90 Å². The molecule has 0 amide bonds. The van der Waals surface area contributed by atoms with E-state index in [9.17, 15) is 0 Å². The Balaban J connectivity index is 2.28. The second-order valence-electron chi connectivity index (χ2n) is 3.42. The fourth-order valence-electron chi connectivity index (χ4n) is 1.69. The van der Waals surface area contributed by atoms with Crippen LogP contribution in [0.5, 0.6) is 0 Å². The van der Waals surface area contributed by atoms with E-state index in [4.69, 9.17) is 16.0 Å². The van der Waals surface area contributed by atoms with Crippen molar-refractivity contribution in [2.45, 2.75) is 0 Å². The Morgan fingerprint density at radius 2 is 2.25 bits per heavy atom. The molecule has 1 aromatic heterocycles. The number of hydrogen-bond acceptors (Lipinski definition) is 6. The van der Waals surface area contributed by atoms with Crippen LogP contribution in [0.25, 0.3) is 0 Å². The van der Waals surface area contributed by atoms with Crippen molar-refractivity contribution < 1.29 is 9.57 Å². The number of ether oxygens (including phenoxy) is 1. The highest BCUT2D eigenvalue weighted by Crippen LogP contribution is 2.19. The molecule has 86 valence electrons. The molecule has 6 nitrogen and oxygen atoms in total. The molecule has 1 aromatic rings. The maximum absolute atomic E-state index is 7.57. The van der Waals surface area contributed by atoms with E-state index in [1.807, 2.05) is 12.1 Å². The van der Waals surface area contributed by atoms with Crippen molar-refractivity contribution >= 4 is 11.6 Å². The van der Waals surface area contributed by atoms with Gasteiger partial charge in [-0.05, 0) is 12.1 Å². The van der Waals surface area contributed by atoms with Crippen LogP contribution in [0.4, 0.5) is 5.69 Å². The van der Waals surface area contributed by atoms with E-state index in [2.05, 4.69) is 14.7 Å². The van der Waals surface area contributed by atoms with E-state index in [0.717, 1.165) is 18.8 Å². The topological polar surface area (TPSA) is 84.5 Å². The van der Waals surface area contributed by atoms with Gasteiger partial charge >= 0.3 is 0 Å². The number of pyridine rings is 1. The minimum absolute atomic E-state index is 0.123. The lowest BCUT2D eigenvalue weighted by atomic mass is 10.2. The molecule has 0 aromatic carbocycles. The van der Waals surface area contributed by atoms with Crippen LogP contribution in [0, 0.1) is 5.41 Å². The SMILES string of the molecule is N=C(ON)c1ncccc1N1CCOCC1. The van der Waals surface area contributed by atoms with Crippen molar-refractivity contribution in [3.8, 4) is 0 Å². The van der Waals surface area contributed by atoms with Crippen molar-refractivity contribution in [2.24, 2.45) is 5.90 Å². The molecule has 1 aliphatic heterocycles. The van der Waals surface area contributed by atoms with Crippen LogP contribution >= 0.6 is 0 Å². The van der Waals surface area contributed by atoms with Crippen molar-refractivity contribution in [1.82, 2.24) is 4.98 Å². The van der Waals surface area contributed by atoms with E-state index in [-0.39, 0.29) is 5.90 Å². The van der Waals surface area contributed by atoms with Gasteiger partial charge in [0.05, 0.1) is 18.9 Å². The Bertz CT molecular complexity index is 377. The Morgan fingerprint density at radius 1 is 1.50 bits per heavy atom. The number of nitrogens with two attached hydrogens (primary N) is 1. The van der Waals surface area contributed by atoms with Crippen molar-refractivity contribution in [2.75, 3.05) is 31.2 Å². The molecule has 0 unspecified atom stereocenters. The van der Waals surface area contributed by atoms with Crippen molar-refractivity contribution in [3.63, 3.8) is 0 Å². The largest absolute Gasteiger partial charge is 0.389 e. The summed E-state index contributed by atoms with van der Waals surface area (Å²) in [6, 6.07) is 3.74. The minimum Gasteiger partial charge on any atom is -0.389 e. The molecule has 3 N–H and O–H groups in total. The molecule has 0 bridgehead atoms. The Labute approximate surface area is 93.4 Å². The zero-order chi connectivity index (χ0) is 11.4. The average Bonchev–Trinajstić information content (AvgIpc) is 2.39. The number of nitrogens with zero attached hydrogens (tertiary/aromatic N) is 2. The van der Waals surface area contributed by atoms with Gasteiger partial charge in [0.1, 0.15) is 5.69 Å². The highest BCUT2D eigenvalue weighted by molar-refractivity contribution is 5.95. The molecule has 0 saturated carbocycles. The summed E-state index contributed by atoms with van der Waals surface area (Å²) < 4.78 is 5.28. The number of hydrogen-bond donors (Lipinski definition) is 2. The van der Waals surface area contributed by atoms with E-state index in [1.165, 1.54) is 0 Å². The molecule has 1 aliphatic rings. The first-order chi connectivity index (χ1) is 7.83. The summed E-state index contributed by atoms with van der Waals surface area (Å²) in [6.45, 7) is 2.95. The van der Waals surface area contributed by atoms with Crippen LogP contribution in [0.2, 0.25) is 0 Å². The number of aromatic nitrogens is 1. The zero-order valence-electron chi connectivity index (χ0n) is 8.85. The van der Waals surface area contributed by atoms with Gasteiger partial charge in [-0.1, -0.05) is 0 Å². The summed E-state index contributed by atoms with van der Waals surface area (Å²) in [5.41, 5.74) is 1.33. The first-order valence-corrected chi connectivity index (χ1v) is 5.06. The molecular formula is C10H14N4O2. The molecule has 0 atom stereocenters. The fourth-order valence-corrected chi connectivity index (χ4v) is 1.69. The molecule has 0 radical (unpaired) electrons. The number of nitrogens with one attached hydrogen (secondary N) is 1. The molecule has 2 heterocycles. The monoisotopic (exact) mass is 222 g/mol. The van der Waals surface area contributed by atoms with Crippen LogP contribution in [0.1, 0.15) is 5.69 Å². The van der Waals surface area contributed by atoms with Gasteiger partial charge in [0.25, 0.3) is 5.90 Å². The van der Waals surface area contributed by atoms with Crippen LogP contribution in [0.15, 0.2) is 18.3 Å². The lowest BCUT2D eigenvalue weighted by Crippen LogP contribution is -2.37. The molecule has 0 aliphatic carbocycles. The van der Waals surface area contributed by atoms with Crippen LogP contribution in [-0.4, -0.2) is 37.2 Å². The lowest BCUT2D eigenvalue weighted by molar-refractivity contribution is 0.122. The maximum Gasteiger partial charge on any atom is 0.258 e. The van der Waals surface area contributed by atoms with Gasteiger partial charge in [0, 0.05) is 19.3 Å². The third-order valence-corrected chi connectivity index (χ3v) is 2.47. The molecular weight excluding hydrogens is 208 g/mol. The quantitative estimate of drug-likeness (QED) is 0.422. The summed E-state index contributed by atoms with van der Waals surface area (Å²) in [5.74, 6) is 4.87. The van der Waals surface area contributed by atoms with E-state index >= 15 is 0 Å². The molecule has 16 heavy (non-hydrogen) atoms. The summed E-state index contributed by atoms with van der Waals surface area (Å²) >= 11 is 0. The van der Waals surface area contributed by atoms with Gasteiger partial charge in [0.15, 0.2) is 0 Å². The maximum atomic E-state index is 7.57. The predicted octanol–water partition coefficient (Wildman–Crippen LogP) is 0.134. The first-order valence-electron chi connectivity index (χ1n) is 5.06. The second-order valence-corrected chi connectivity index (χ2v) is 3.42. The minimum atomic E-state index is -0.123. The van der Waals surface area contributed by atoms with E-state index in [1.54, 1.807) is 6.20 Å². The van der Waals surface area contributed by atoms with E-state index in [0.29, 0.717) is 18.9 Å². The summed E-state index contributed by atoms with van der Waals surface area (Å²) in [6.07, 6.45) is 1.62. The zero-order valence-corrected chi connectivity index (χ0v) is 8.85. The number of morpholine rings is 1. The van der Waals surface area contributed by atoms with E-state index < -0.39 is 0 Å². The fraction of sp³-hybridized carbons (Fsp3) is 0.400. The summed E-state index contributed by atoms with van der Waals surface area (Å²) in [4.78, 5) is 10.7. The van der Waals surface area contributed by atoms with Gasteiger partial charge in [-0.3, -0.25) is 5.41 Å². The lowest BCUT2D eigenvalue weighted by Gasteiger charge is -2.29. The average molecular weight is 222 g/mol. The first kappa shape index (κ1) is 10.8. The highest BCUT2D eigenvalue weighted by Gasteiger charge is 2.18. The van der Waals surface area contributed by atoms with Crippen LogP contribution < -0.4 is 10.8 Å². The Kier molecular flexibility index (Phi) is 3.33. The third kappa shape index (κ3) is 2.12. The standard InChI is InChI=1S/C10H14N4O2/c11-10(16-12)9-8(2-1-3-13-9)14-4-6-15-7-5-14/h1-3,11H,4-7,12H2. The number of rotatable bonds is 2.